The number of rotatable bonds is 16. The molecule has 184 valence electrons. The molecule has 10 heteroatoms. The minimum absolute atomic E-state index is 0.00891. The molecular weight excluding hydrogens is 414 g/mol. The zero-order valence-corrected chi connectivity index (χ0v) is 20.2. The Bertz CT molecular complexity index is 707. The molecule has 0 spiro atoms. The Labute approximate surface area is 191 Å². The number of anilines is 1. The van der Waals surface area contributed by atoms with Gasteiger partial charge >= 0.3 is 0 Å². The van der Waals surface area contributed by atoms with Gasteiger partial charge in [0.05, 0.1) is 31.2 Å². The molecule has 0 aliphatic heterocycles. The SMILES string of the molecule is CCC(O)(CC)CCCCN(C)C(=O)c1c(N(C)C=O)ncn1CC(O)CN(C)CCO. The number of amides is 2. The Hall–Kier alpha value is -2.01. The van der Waals surface area contributed by atoms with Gasteiger partial charge in [-0.1, -0.05) is 13.8 Å². The quantitative estimate of drug-likeness (QED) is 0.246. The van der Waals surface area contributed by atoms with Crippen LogP contribution in [0.2, 0.25) is 0 Å². The standard InChI is InChI=1S/C22H41N5O5/c1-6-22(32,7-2)10-8-9-11-25(4)21(31)19-20(26(5)17-29)23-16-27(19)15-18(30)14-24(3)12-13-28/h16-18,28,30,32H,6-15H2,1-5H3. The van der Waals surface area contributed by atoms with Crippen LogP contribution in [0.4, 0.5) is 5.82 Å². The van der Waals surface area contributed by atoms with E-state index in [0.29, 0.717) is 45.3 Å². The third kappa shape index (κ3) is 8.16. The topological polar surface area (TPSA) is 122 Å². The zero-order valence-electron chi connectivity index (χ0n) is 20.2. The molecule has 32 heavy (non-hydrogen) atoms. The van der Waals surface area contributed by atoms with Gasteiger partial charge in [-0.2, -0.15) is 0 Å². The number of carbonyl (C=O) groups is 2. The van der Waals surface area contributed by atoms with Crippen molar-refractivity contribution in [3.8, 4) is 0 Å². The summed E-state index contributed by atoms with van der Waals surface area (Å²) in [5.74, 6) is -0.0533. The number of unbranched alkanes of at least 4 members (excludes halogenated alkanes) is 1. The number of aliphatic hydroxyl groups is 3. The number of hydrogen-bond donors (Lipinski definition) is 3. The predicted molar refractivity (Wildman–Crippen MR) is 124 cm³/mol. The number of nitrogens with zero attached hydrogens (tertiary/aromatic N) is 5. The van der Waals surface area contributed by atoms with Crippen molar-refractivity contribution >= 4 is 18.1 Å². The van der Waals surface area contributed by atoms with Crippen LogP contribution >= 0.6 is 0 Å². The lowest BCUT2D eigenvalue weighted by molar-refractivity contribution is -0.107. The van der Waals surface area contributed by atoms with E-state index in [4.69, 9.17) is 5.11 Å². The van der Waals surface area contributed by atoms with Crippen molar-refractivity contribution in [3.05, 3.63) is 12.0 Å². The molecule has 0 aliphatic rings. The molecule has 0 saturated heterocycles. The first kappa shape index (κ1) is 28.0. The summed E-state index contributed by atoms with van der Waals surface area (Å²) in [6, 6.07) is 0. The Morgan fingerprint density at radius 1 is 1.22 bits per heavy atom. The van der Waals surface area contributed by atoms with Crippen LogP contribution in [0.5, 0.6) is 0 Å². The number of aliphatic hydroxyl groups excluding tert-OH is 2. The molecule has 0 saturated carbocycles. The highest BCUT2D eigenvalue weighted by Gasteiger charge is 2.26. The van der Waals surface area contributed by atoms with Gasteiger partial charge in [-0.25, -0.2) is 4.98 Å². The molecule has 0 bridgehead atoms. The summed E-state index contributed by atoms with van der Waals surface area (Å²) in [5.41, 5.74) is -0.412. The van der Waals surface area contributed by atoms with Gasteiger partial charge in [0.2, 0.25) is 6.41 Å². The van der Waals surface area contributed by atoms with Crippen LogP contribution < -0.4 is 4.90 Å². The zero-order chi connectivity index (χ0) is 24.3. The maximum Gasteiger partial charge on any atom is 0.274 e. The van der Waals surface area contributed by atoms with E-state index in [2.05, 4.69) is 4.98 Å². The summed E-state index contributed by atoms with van der Waals surface area (Å²) < 4.78 is 1.57. The first-order chi connectivity index (χ1) is 15.1. The van der Waals surface area contributed by atoms with E-state index < -0.39 is 11.7 Å². The van der Waals surface area contributed by atoms with Gasteiger partial charge in [-0.15, -0.1) is 0 Å². The van der Waals surface area contributed by atoms with Gasteiger partial charge < -0.3 is 34.6 Å². The monoisotopic (exact) mass is 455 g/mol. The van der Waals surface area contributed by atoms with E-state index in [1.807, 2.05) is 13.8 Å². The highest BCUT2D eigenvalue weighted by atomic mass is 16.3. The van der Waals surface area contributed by atoms with Gasteiger partial charge in [0, 0.05) is 33.7 Å². The molecule has 1 unspecified atom stereocenters. The fraction of sp³-hybridized carbons (Fsp3) is 0.773. The van der Waals surface area contributed by atoms with E-state index in [9.17, 15) is 19.8 Å². The van der Waals surface area contributed by atoms with Crippen molar-refractivity contribution in [1.29, 1.82) is 0 Å². The molecule has 0 aromatic carbocycles. The average molecular weight is 456 g/mol. The van der Waals surface area contributed by atoms with Crippen LogP contribution in [0, 0.1) is 0 Å². The lowest BCUT2D eigenvalue weighted by Gasteiger charge is -2.26. The molecule has 1 atom stereocenters. The lowest BCUT2D eigenvalue weighted by Crippen LogP contribution is -2.36. The largest absolute Gasteiger partial charge is 0.395 e. The third-order valence-electron chi connectivity index (χ3n) is 5.97. The highest BCUT2D eigenvalue weighted by molar-refractivity contribution is 5.99. The van der Waals surface area contributed by atoms with Crippen LogP contribution in [0.1, 0.15) is 56.4 Å². The number of carbonyl (C=O) groups excluding carboxylic acids is 2. The second-order valence-electron chi connectivity index (χ2n) is 8.54. The summed E-state index contributed by atoms with van der Waals surface area (Å²) in [4.78, 5) is 33.4. The second kappa shape index (κ2) is 13.5. The molecule has 0 fully saturated rings. The molecule has 0 radical (unpaired) electrons. The molecule has 1 aromatic rings. The summed E-state index contributed by atoms with van der Waals surface area (Å²) in [6.07, 6.45) is 4.89. The van der Waals surface area contributed by atoms with Gasteiger partial charge in [0.1, 0.15) is 0 Å². The fourth-order valence-electron chi connectivity index (χ4n) is 3.63. The van der Waals surface area contributed by atoms with Gasteiger partial charge in [-0.3, -0.25) is 9.59 Å². The molecule has 1 rings (SSSR count). The highest BCUT2D eigenvalue weighted by Crippen LogP contribution is 2.23. The number of imidazole rings is 1. The summed E-state index contributed by atoms with van der Waals surface area (Å²) in [6.45, 7) is 5.32. The maximum absolute atomic E-state index is 13.2. The Morgan fingerprint density at radius 2 is 1.88 bits per heavy atom. The summed E-state index contributed by atoms with van der Waals surface area (Å²) in [5, 5.41) is 29.9. The van der Waals surface area contributed by atoms with Crippen LogP contribution in [0.25, 0.3) is 0 Å². The molecular formula is C22H41N5O5. The number of likely N-dealkylation sites (N-methyl/N-ethyl adjacent to an activating group) is 1. The fourth-order valence-corrected chi connectivity index (χ4v) is 3.63. The Kier molecular flexibility index (Phi) is 11.8. The van der Waals surface area contributed by atoms with Crippen molar-refractivity contribution in [2.75, 3.05) is 52.3 Å². The first-order valence-corrected chi connectivity index (χ1v) is 11.3. The van der Waals surface area contributed by atoms with Crippen molar-refractivity contribution < 1.29 is 24.9 Å². The van der Waals surface area contributed by atoms with E-state index in [-0.39, 0.29) is 30.6 Å². The number of hydrogen-bond acceptors (Lipinski definition) is 7. The van der Waals surface area contributed by atoms with Gasteiger partial charge in [-0.05, 0) is 39.2 Å². The van der Waals surface area contributed by atoms with Crippen molar-refractivity contribution in [2.24, 2.45) is 0 Å². The molecule has 0 aliphatic carbocycles. The van der Waals surface area contributed by atoms with Crippen LogP contribution in [-0.2, 0) is 11.3 Å². The molecule has 1 aromatic heterocycles. The van der Waals surface area contributed by atoms with Gasteiger partial charge in [0.15, 0.2) is 11.5 Å². The van der Waals surface area contributed by atoms with Crippen molar-refractivity contribution in [3.63, 3.8) is 0 Å². The van der Waals surface area contributed by atoms with Gasteiger partial charge in [0.25, 0.3) is 5.91 Å². The normalized spacial score (nSPS) is 12.8. The lowest BCUT2D eigenvalue weighted by atomic mass is 9.91. The second-order valence-corrected chi connectivity index (χ2v) is 8.54. The van der Waals surface area contributed by atoms with Crippen LogP contribution in [-0.4, -0.2) is 106 Å². The predicted octanol–water partition coefficient (Wildman–Crippen LogP) is 0.554. The first-order valence-electron chi connectivity index (χ1n) is 11.3. The maximum atomic E-state index is 13.2. The van der Waals surface area contributed by atoms with Crippen LogP contribution in [0.15, 0.2) is 6.33 Å². The van der Waals surface area contributed by atoms with Crippen molar-refractivity contribution in [1.82, 2.24) is 19.4 Å². The summed E-state index contributed by atoms with van der Waals surface area (Å²) in [7, 11) is 5.01. The van der Waals surface area contributed by atoms with E-state index in [1.54, 1.807) is 28.5 Å². The molecule has 3 N–H and O–H groups in total. The number of aromatic nitrogens is 2. The third-order valence-corrected chi connectivity index (χ3v) is 5.97. The molecule has 2 amide bonds. The van der Waals surface area contributed by atoms with Crippen molar-refractivity contribution in [2.45, 2.75) is 64.2 Å². The van der Waals surface area contributed by atoms with Crippen LogP contribution in [0.3, 0.4) is 0 Å². The average Bonchev–Trinajstić information content (AvgIpc) is 3.18. The van der Waals surface area contributed by atoms with E-state index in [0.717, 1.165) is 12.8 Å². The van der Waals surface area contributed by atoms with E-state index in [1.165, 1.54) is 18.3 Å². The smallest absolute Gasteiger partial charge is 0.274 e. The molecule has 10 nitrogen and oxygen atoms in total. The minimum Gasteiger partial charge on any atom is -0.395 e. The Morgan fingerprint density at radius 3 is 2.44 bits per heavy atom. The van der Waals surface area contributed by atoms with E-state index >= 15 is 0 Å². The molecule has 1 heterocycles. The minimum atomic E-state index is -0.784. The summed E-state index contributed by atoms with van der Waals surface area (Å²) >= 11 is 0. The Balaban J connectivity index is 2.89.